The van der Waals surface area contributed by atoms with E-state index in [-0.39, 0.29) is 0 Å². The molecule has 8 bridgehead atoms. The minimum absolute atomic E-state index is 1.75. The highest BCUT2D eigenvalue weighted by atomic mass is 28.6. The van der Waals surface area contributed by atoms with Crippen LogP contribution in [0.5, 0.6) is 0 Å². The highest BCUT2D eigenvalue weighted by Crippen LogP contribution is 2.47. The Morgan fingerprint density at radius 3 is 0.357 bits per heavy atom. The third-order valence-electron chi connectivity index (χ3n) is 4.45. The van der Waals surface area contributed by atoms with E-state index in [9.17, 15) is 0 Å². The van der Waals surface area contributed by atoms with Crippen molar-refractivity contribution in [2.24, 2.45) is 0 Å². The lowest BCUT2D eigenvalue weighted by Crippen LogP contribution is -2.86. The van der Waals surface area contributed by atoms with E-state index < -0.39 is 70.4 Å². The summed E-state index contributed by atoms with van der Waals surface area (Å²) in [4.78, 5) is 0. The van der Waals surface area contributed by atoms with Crippen molar-refractivity contribution in [3.63, 3.8) is 0 Å². The summed E-state index contributed by atoms with van der Waals surface area (Å²) in [6, 6.07) is 0. The summed E-state index contributed by atoms with van der Waals surface area (Å²) in [6.07, 6.45) is 0. The van der Waals surface area contributed by atoms with E-state index in [0.29, 0.717) is 0 Å². The van der Waals surface area contributed by atoms with Gasteiger partial charge in [0.05, 0.1) is 0 Å². The molecule has 6 rings (SSSR count). The Labute approximate surface area is 172 Å². The third kappa shape index (κ3) is 3.50. The lowest BCUT2D eigenvalue weighted by Gasteiger charge is -2.60. The van der Waals surface area contributed by atoms with Gasteiger partial charge in [-0.25, -0.2) is 0 Å². The molecule has 6 aliphatic heterocycles. The predicted octanol–water partition coefficient (Wildman–Crippen LogP) is 0.803. The van der Waals surface area contributed by atoms with Gasteiger partial charge in [0.2, 0.25) is 0 Å². The van der Waals surface area contributed by atoms with Crippen molar-refractivity contribution in [2.75, 3.05) is 0 Å². The molecule has 28 heavy (non-hydrogen) atoms. The molecule has 6 saturated heterocycles. The van der Waals surface area contributed by atoms with Crippen molar-refractivity contribution in [3.05, 3.63) is 0 Å². The van der Waals surface area contributed by atoms with E-state index in [1.54, 1.807) is 52.4 Å². The zero-order valence-corrected chi connectivity index (χ0v) is 24.9. The second-order valence-electron chi connectivity index (χ2n) is 8.12. The van der Waals surface area contributed by atoms with E-state index in [1.165, 1.54) is 0 Å². The van der Waals surface area contributed by atoms with E-state index in [2.05, 4.69) is 0 Å². The molecular weight excluding hydrogens is 513 g/mol. The number of hydrogen-bond acceptors (Lipinski definition) is 12. The van der Waals surface area contributed by atoms with Gasteiger partial charge in [-0.1, -0.05) is 0 Å². The van der Waals surface area contributed by atoms with Gasteiger partial charge in [-0.05, 0) is 0 Å². The summed E-state index contributed by atoms with van der Waals surface area (Å²) >= 11 is 0. The molecule has 6 aliphatic rings. The summed E-state index contributed by atoms with van der Waals surface area (Å²) < 4.78 is 76.7. The maximum atomic E-state index is 6.39. The Kier molecular flexibility index (Phi) is 4.22. The van der Waals surface area contributed by atoms with Crippen molar-refractivity contribution < 1.29 is 49.4 Å². The van der Waals surface area contributed by atoms with Gasteiger partial charge >= 0.3 is 70.4 Å². The summed E-state index contributed by atoms with van der Waals surface area (Å²) in [5.74, 6) is 0. The van der Waals surface area contributed by atoms with E-state index in [0.717, 1.165) is 0 Å². The van der Waals surface area contributed by atoms with Crippen LogP contribution in [0.3, 0.4) is 0 Å². The zero-order chi connectivity index (χ0) is 20.5. The van der Waals surface area contributed by atoms with Crippen LogP contribution >= 0.6 is 0 Å². The van der Waals surface area contributed by atoms with Gasteiger partial charge in [0, 0.05) is 52.4 Å². The standard InChI is InChI=1S/C8H24O12Si8/c1-21-9-22(2)12-25(5)14-23(3,10-21)16-27(7)17-24(4,11-21)15-26(6,13-22)19-28(8,18-25)20-27/h1-8H3. The van der Waals surface area contributed by atoms with Crippen molar-refractivity contribution >= 4 is 70.4 Å². The zero-order valence-electron chi connectivity index (χ0n) is 16.9. The van der Waals surface area contributed by atoms with Crippen LogP contribution in [-0.2, 0) is 49.4 Å². The molecule has 6 fully saturated rings. The Morgan fingerprint density at radius 2 is 0.286 bits per heavy atom. The monoisotopic (exact) mass is 536 g/mol. The SMILES string of the molecule is C[Si]12O[Si]3(C)O[Si]4(C)O[Si](C)(O1)O[Si]1(C)O[Si](C)(O2)O[Si](C)(O3)O[Si](C)(O4)O1. The summed E-state index contributed by atoms with van der Waals surface area (Å²) in [7, 11) is -27.2. The second kappa shape index (κ2) is 5.59. The average Bonchev–Trinajstić information content (AvgIpc) is 2.22. The van der Waals surface area contributed by atoms with Crippen LogP contribution < -0.4 is 0 Å². The number of rotatable bonds is 0. The fraction of sp³-hybridized carbons (Fsp3) is 1.00. The van der Waals surface area contributed by atoms with Crippen LogP contribution in [0.15, 0.2) is 0 Å². The van der Waals surface area contributed by atoms with E-state index in [1.807, 2.05) is 0 Å². The molecular formula is C8H24O12Si8. The maximum Gasteiger partial charge on any atom is 0.475 e. The molecule has 0 aliphatic carbocycles. The van der Waals surface area contributed by atoms with Gasteiger partial charge in [0.25, 0.3) is 0 Å². The molecule has 0 aromatic carbocycles. The largest absolute Gasteiger partial charge is 0.475 e. The van der Waals surface area contributed by atoms with Crippen molar-refractivity contribution in [1.82, 2.24) is 0 Å². The van der Waals surface area contributed by atoms with Gasteiger partial charge < -0.3 is 49.4 Å². The van der Waals surface area contributed by atoms with Gasteiger partial charge in [-0.2, -0.15) is 0 Å². The van der Waals surface area contributed by atoms with Crippen LogP contribution in [0, 0.1) is 0 Å². The molecule has 0 unspecified atom stereocenters. The molecule has 20 heteroatoms. The summed E-state index contributed by atoms with van der Waals surface area (Å²) in [5, 5.41) is 0. The first kappa shape index (κ1) is 21.1. The predicted molar refractivity (Wildman–Crippen MR) is 106 cm³/mol. The first-order valence-corrected chi connectivity index (χ1v) is 26.7. The molecule has 0 radical (unpaired) electrons. The van der Waals surface area contributed by atoms with Crippen LogP contribution in [0.1, 0.15) is 0 Å². The second-order valence-corrected chi connectivity index (χ2v) is 31.7. The highest BCUT2D eigenvalue weighted by Gasteiger charge is 2.78. The number of hydrogen-bond donors (Lipinski definition) is 0. The quantitative estimate of drug-likeness (QED) is 0.408. The van der Waals surface area contributed by atoms with Gasteiger partial charge in [0.1, 0.15) is 0 Å². The molecule has 0 N–H and O–H groups in total. The smallest absolute Gasteiger partial charge is 0.374 e. The van der Waals surface area contributed by atoms with Crippen LogP contribution in [0.2, 0.25) is 52.4 Å². The summed E-state index contributed by atoms with van der Waals surface area (Å²) in [6.45, 7) is 14.0. The first-order valence-electron chi connectivity index (χ1n) is 8.90. The fourth-order valence-electron chi connectivity index (χ4n) is 4.54. The van der Waals surface area contributed by atoms with E-state index >= 15 is 0 Å². The third-order valence-corrected chi connectivity index (χ3v) is 40.0. The Hall–Kier alpha value is 1.26. The molecule has 12 nitrogen and oxygen atoms in total. The van der Waals surface area contributed by atoms with Crippen LogP contribution in [0.25, 0.3) is 0 Å². The Bertz CT molecular complexity index is 489. The molecule has 0 aromatic heterocycles. The Morgan fingerprint density at radius 1 is 0.214 bits per heavy atom. The molecule has 0 amide bonds. The molecule has 6 heterocycles. The lowest BCUT2D eigenvalue weighted by atomic mass is 11.9. The fourth-order valence-corrected chi connectivity index (χ4v) is 49.9. The summed E-state index contributed by atoms with van der Waals surface area (Å²) in [5.41, 5.74) is 0. The highest BCUT2D eigenvalue weighted by molar-refractivity contribution is 7.02. The molecule has 160 valence electrons. The van der Waals surface area contributed by atoms with Gasteiger partial charge in [-0.3, -0.25) is 0 Å². The van der Waals surface area contributed by atoms with Gasteiger partial charge in [-0.15, -0.1) is 0 Å². The van der Waals surface area contributed by atoms with Crippen molar-refractivity contribution in [1.29, 1.82) is 0 Å². The minimum atomic E-state index is -3.40. The van der Waals surface area contributed by atoms with Crippen molar-refractivity contribution in [2.45, 2.75) is 52.4 Å². The lowest BCUT2D eigenvalue weighted by molar-refractivity contribution is -0.0174. The van der Waals surface area contributed by atoms with Crippen LogP contribution in [-0.4, -0.2) is 70.4 Å². The maximum absolute atomic E-state index is 6.39. The first-order chi connectivity index (χ1) is 12.5. The molecule has 0 aromatic rings. The van der Waals surface area contributed by atoms with Crippen LogP contribution in [0.4, 0.5) is 0 Å². The topological polar surface area (TPSA) is 111 Å². The van der Waals surface area contributed by atoms with Gasteiger partial charge in [0.15, 0.2) is 0 Å². The minimum Gasteiger partial charge on any atom is -0.374 e. The molecule has 0 atom stereocenters. The Balaban J connectivity index is 1.79. The normalized spacial score (nSPS) is 66.0. The average molecular weight is 537 g/mol. The molecule has 0 saturated carbocycles. The molecule has 0 spiro atoms. The van der Waals surface area contributed by atoms with Crippen molar-refractivity contribution in [3.8, 4) is 0 Å². The van der Waals surface area contributed by atoms with E-state index in [4.69, 9.17) is 49.4 Å².